The minimum absolute atomic E-state index is 0.0385. The van der Waals surface area contributed by atoms with Gasteiger partial charge in [0.2, 0.25) is 0 Å². The molecule has 0 N–H and O–H groups in total. The lowest BCUT2D eigenvalue weighted by Gasteiger charge is -2.34. The van der Waals surface area contributed by atoms with Gasteiger partial charge in [-0.2, -0.15) is 10.1 Å². The summed E-state index contributed by atoms with van der Waals surface area (Å²) in [6.07, 6.45) is 0. The molecule has 1 amide bonds. The molecular weight excluding hydrogens is 446 g/mol. The molecule has 5 rings (SSSR count). The Morgan fingerprint density at radius 1 is 1.03 bits per heavy atom. The molecule has 0 bridgehead atoms. The third-order valence-corrected chi connectivity index (χ3v) is 7.09. The number of thiazole rings is 1. The van der Waals surface area contributed by atoms with Gasteiger partial charge in [0, 0.05) is 36.8 Å². The van der Waals surface area contributed by atoms with Crippen molar-refractivity contribution in [3.05, 3.63) is 64.8 Å². The van der Waals surface area contributed by atoms with Crippen LogP contribution in [0.2, 0.25) is 5.02 Å². The van der Waals surface area contributed by atoms with Gasteiger partial charge in [-0.3, -0.25) is 4.79 Å². The normalized spacial score (nSPS) is 14.2. The van der Waals surface area contributed by atoms with E-state index in [0.717, 1.165) is 45.7 Å². The molecule has 1 aliphatic rings. The molecule has 2 aromatic heterocycles. The van der Waals surface area contributed by atoms with Crippen LogP contribution in [0.3, 0.4) is 0 Å². The molecule has 0 spiro atoms. The van der Waals surface area contributed by atoms with E-state index in [1.165, 1.54) is 0 Å². The molecule has 0 aliphatic carbocycles. The SMILES string of the molecule is COc1ccc(-n2nc(C)c3sc(N4CCN(C(=O)c5ccc(Cl)cc5)CC4)nc32)cc1. The first-order valence-electron chi connectivity index (χ1n) is 10.3. The number of nitrogens with zero attached hydrogens (tertiary/aromatic N) is 5. The zero-order chi connectivity index (χ0) is 22.2. The third kappa shape index (κ3) is 3.80. The van der Waals surface area contributed by atoms with Crippen LogP contribution in [0, 0.1) is 6.92 Å². The number of ether oxygens (including phenoxy) is 1. The van der Waals surface area contributed by atoms with Crippen molar-refractivity contribution in [1.29, 1.82) is 0 Å². The Hall–Kier alpha value is -3.10. The molecule has 1 saturated heterocycles. The van der Waals surface area contributed by atoms with Crippen molar-refractivity contribution < 1.29 is 9.53 Å². The average molecular weight is 468 g/mol. The van der Waals surface area contributed by atoms with Crippen LogP contribution < -0.4 is 9.64 Å². The van der Waals surface area contributed by atoms with Crippen LogP contribution in [0.15, 0.2) is 48.5 Å². The summed E-state index contributed by atoms with van der Waals surface area (Å²) in [4.78, 5) is 21.8. The predicted molar refractivity (Wildman–Crippen MR) is 128 cm³/mol. The summed E-state index contributed by atoms with van der Waals surface area (Å²) < 4.78 is 8.21. The fourth-order valence-corrected chi connectivity index (χ4v) is 5.00. The van der Waals surface area contributed by atoms with Gasteiger partial charge in [-0.25, -0.2) is 4.68 Å². The van der Waals surface area contributed by atoms with Gasteiger partial charge in [0.05, 0.1) is 23.2 Å². The third-order valence-electron chi connectivity index (χ3n) is 5.62. The number of methoxy groups -OCH3 is 1. The number of amides is 1. The molecule has 3 heterocycles. The van der Waals surface area contributed by atoms with Crippen LogP contribution in [0.25, 0.3) is 16.0 Å². The van der Waals surface area contributed by atoms with Crippen LogP contribution >= 0.6 is 22.9 Å². The number of piperazine rings is 1. The second-order valence-corrected chi connectivity index (χ2v) is 9.04. The van der Waals surface area contributed by atoms with Gasteiger partial charge >= 0.3 is 0 Å². The number of anilines is 1. The van der Waals surface area contributed by atoms with Gasteiger partial charge in [-0.1, -0.05) is 22.9 Å². The summed E-state index contributed by atoms with van der Waals surface area (Å²) in [6, 6.07) is 14.8. The summed E-state index contributed by atoms with van der Waals surface area (Å²) in [5.41, 5.74) is 3.42. The maximum absolute atomic E-state index is 12.8. The first-order chi connectivity index (χ1) is 15.5. The maximum Gasteiger partial charge on any atom is 0.253 e. The van der Waals surface area contributed by atoms with Gasteiger partial charge in [-0.15, -0.1) is 0 Å². The number of aromatic nitrogens is 3. The van der Waals surface area contributed by atoms with Crippen LogP contribution in [0.5, 0.6) is 5.75 Å². The van der Waals surface area contributed by atoms with E-state index in [9.17, 15) is 4.79 Å². The van der Waals surface area contributed by atoms with Crippen molar-refractivity contribution in [2.24, 2.45) is 0 Å². The van der Waals surface area contributed by atoms with Gasteiger partial charge in [0.1, 0.15) is 5.75 Å². The number of carbonyl (C=O) groups is 1. The molecule has 164 valence electrons. The van der Waals surface area contributed by atoms with E-state index in [4.69, 9.17) is 21.3 Å². The first kappa shape index (κ1) is 20.8. The van der Waals surface area contributed by atoms with Gasteiger partial charge in [0.15, 0.2) is 10.8 Å². The Morgan fingerprint density at radius 3 is 2.38 bits per heavy atom. The molecule has 32 heavy (non-hydrogen) atoms. The van der Waals surface area contributed by atoms with E-state index in [0.29, 0.717) is 23.7 Å². The Labute approximate surface area is 194 Å². The molecular formula is C23H22ClN5O2S. The lowest BCUT2D eigenvalue weighted by molar-refractivity contribution is 0.0747. The van der Waals surface area contributed by atoms with Crippen LogP contribution in [-0.4, -0.2) is 58.9 Å². The molecule has 1 fully saturated rings. The van der Waals surface area contributed by atoms with Crippen molar-refractivity contribution in [3.63, 3.8) is 0 Å². The molecule has 0 atom stereocenters. The largest absolute Gasteiger partial charge is 0.497 e. The number of carbonyl (C=O) groups excluding carboxylic acids is 1. The molecule has 0 unspecified atom stereocenters. The lowest BCUT2D eigenvalue weighted by Crippen LogP contribution is -2.48. The zero-order valence-corrected chi connectivity index (χ0v) is 19.4. The molecule has 7 nitrogen and oxygen atoms in total. The predicted octanol–water partition coefficient (Wildman–Crippen LogP) is 4.41. The topological polar surface area (TPSA) is 63.5 Å². The second kappa shape index (κ2) is 8.44. The van der Waals surface area contributed by atoms with E-state index in [-0.39, 0.29) is 5.91 Å². The molecule has 1 aliphatic heterocycles. The smallest absolute Gasteiger partial charge is 0.253 e. The zero-order valence-electron chi connectivity index (χ0n) is 17.8. The van der Waals surface area contributed by atoms with Crippen molar-refractivity contribution >= 4 is 44.3 Å². The Bertz CT molecular complexity index is 1260. The van der Waals surface area contributed by atoms with E-state index in [1.807, 2.05) is 40.8 Å². The Kier molecular flexibility index (Phi) is 5.48. The molecule has 0 saturated carbocycles. The standard InChI is InChI=1S/C23H22ClN5O2S/c1-15-20-21(29(26-15)18-7-9-19(31-2)10-8-18)25-23(32-20)28-13-11-27(12-14-28)22(30)16-3-5-17(24)6-4-16/h3-10H,11-14H2,1-2H3. The minimum atomic E-state index is 0.0385. The number of halogens is 1. The fraction of sp³-hybridized carbons (Fsp3) is 0.261. The summed E-state index contributed by atoms with van der Waals surface area (Å²) in [5, 5.41) is 6.27. The Balaban J connectivity index is 1.33. The van der Waals surface area contributed by atoms with Crippen molar-refractivity contribution in [2.75, 3.05) is 38.2 Å². The first-order valence-corrected chi connectivity index (χ1v) is 11.5. The summed E-state index contributed by atoms with van der Waals surface area (Å²) >= 11 is 7.59. The highest BCUT2D eigenvalue weighted by molar-refractivity contribution is 7.22. The number of aryl methyl sites for hydroxylation is 1. The van der Waals surface area contributed by atoms with Crippen LogP contribution in [0.1, 0.15) is 16.1 Å². The average Bonchev–Trinajstić information content (AvgIpc) is 3.40. The monoisotopic (exact) mass is 467 g/mol. The fourth-order valence-electron chi connectivity index (χ4n) is 3.84. The van der Waals surface area contributed by atoms with E-state index >= 15 is 0 Å². The summed E-state index contributed by atoms with van der Waals surface area (Å²) in [6.45, 7) is 4.80. The van der Waals surface area contributed by atoms with E-state index in [2.05, 4.69) is 10.00 Å². The second-order valence-electron chi connectivity index (χ2n) is 7.63. The Morgan fingerprint density at radius 2 is 1.72 bits per heavy atom. The van der Waals surface area contributed by atoms with Crippen molar-refractivity contribution in [2.45, 2.75) is 6.92 Å². The van der Waals surface area contributed by atoms with Crippen LogP contribution in [0.4, 0.5) is 5.13 Å². The van der Waals surface area contributed by atoms with Gasteiger partial charge in [-0.05, 0) is 55.5 Å². The number of fused-ring (bicyclic) bond motifs is 1. The quantitative estimate of drug-likeness (QED) is 0.444. The minimum Gasteiger partial charge on any atom is -0.497 e. The summed E-state index contributed by atoms with van der Waals surface area (Å²) in [7, 11) is 1.65. The highest BCUT2D eigenvalue weighted by Gasteiger charge is 2.25. The maximum atomic E-state index is 12.8. The van der Waals surface area contributed by atoms with Crippen molar-refractivity contribution in [1.82, 2.24) is 19.7 Å². The lowest BCUT2D eigenvalue weighted by atomic mass is 10.2. The van der Waals surface area contributed by atoms with E-state index in [1.54, 1.807) is 42.7 Å². The van der Waals surface area contributed by atoms with Gasteiger partial charge < -0.3 is 14.5 Å². The van der Waals surface area contributed by atoms with E-state index < -0.39 is 0 Å². The van der Waals surface area contributed by atoms with Crippen molar-refractivity contribution in [3.8, 4) is 11.4 Å². The molecule has 0 radical (unpaired) electrons. The molecule has 9 heteroatoms. The number of rotatable bonds is 4. The highest BCUT2D eigenvalue weighted by atomic mass is 35.5. The summed E-state index contributed by atoms with van der Waals surface area (Å²) in [5.74, 6) is 0.843. The number of benzene rings is 2. The molecule has 4 aromatic rings. The van der Waals surface area contributed by atoms with Gasteiger partial charge in [0.25, 0.3) is 5.91 Å². The molecule has 2 aromatic carbocycles. The number of hydrogen-bond donors (Lipinski definition) is 0. The number of hydrogen-bond acceptors (Lipinski definition) is 6. The van der Waals surface area contributed by atoms with Crippen LogP contribution in [-0.2, 0) is 0 Å². The highest BCUT2D eigenvalue weighted by Crippen LogP contribution is 2.33.